The van der Waals surface area contributed by atoms with Crippen LogP contribution >= 0.6 is 12.4 Å². The number of hydrogen-bond acceptors (Lipinski definition) is 5. The van der Waals surface area contributed by atoms with Gasteiger partial charge in [0, 0.05) is 11.7 Å². The highest BCUT2D eigenvalue weighted by atomic mass is 35.5. The van der Waals surface area contributed by atoms with Crippen molar-refractivity contribution in [2.75, 3.05) is 5.73 Å². The summed E-state index contributed by atoms with van der Waals surface area (Å²) in [5.41, 5.74) is 8.99. The zero-order valence-electron chi connectivity index (χ0n) is 13.0. The summed E-state index contributed by atoms with van der Waals surface area (Å²) in [5.74, 6) is 0.304. The van der Waals surface area contributed by atoms with Crippen molar-refractivity contribution in [3.8, 4) is 0 Å². The van der Waals surface area contributed by atoms with Gasteiger partial charge in [-0.15, -0.1) is 12.4 Å². The molecule has 0 radical (unpaired) electrons. The summed E-state index contributed by atoms with van der Waals surface area (Å²) in [6.45, 7) is 3.23. The van der Waals surface area contributed by atoms with Crippen LogP contribution in [0.3, 0.4) is 0 Å². The minimum Gasteiger partial charge on any atom is -0.399 e. The van der Waals surface area contributed by atoms with Gasteiger partial charge in [-0.05, 0) is 56.4 Å². The Morgan fingerprint density at radius 2 is 2.09 bits per heavy atom. The van der Waals surface area contributed by atoms with Crippen molar-refractivity contribution in [3.05, 3.63) is 40.8 Å². The number of nitrogens with two attached hydrogens (primary N) is 1. The topological polar surface area (TPSA) is 98.2 Å². The van der Waals surface area contributed by atoms with Crippen LogP contribution in [0.1, 0.15) is 41.5 Å². The molecule has 126 valence electrons. The highest BCUT2D eigenvalue weighted by molar-refractivity contribution is 7.89. The number of benzene rings is 1. The lowest BCUT2D eigenvalue weighted by Gasteiger charge is -2.26. The van der Waals surface area contributed by atoms with Crippen LogP contribution in [0.25, 0.3) is 0 Å². The molecule has 1 aliphatic carbocycles. The van der Waals surface area contributed by atoms with Gasteiger partial charge in [-0.25, -0.2) is 13.1 Å². The molecule has 0 spiro atoms. The average molecular weight is 358 g/mol. The second kappa shape index (κ2) is 6.51. The van der Waals surface area contributed by atoms with E-state index in [1.807, 2.05) is 12.1 Å². The van der Waals surface area contributed by atoms with Crippen molar-refractivity contribution in [1.29, 1.82) is 0 Å². The fourth-order valence-electron chi connectivity index (χ4n) is 3.06. The Kier molecular flexibility index (Phi) is 5.03. The summed E-state index contributed by atoms with van der Waals surface area (Å²) >= 11 is 0. The number of aromatic nitrogens is 1. The molecule has 0 aliphatic heterocycles. The fraction of sp³-hybridized carbons (Fsp3) is 0.400. The summed E-state index contributed by atoms with van der Waals surface area (Å²) in [7, 11) is -3.67. The molecule has 2 aromatic rings. The molecule has 0 fully saturated rings. The van der Waals surface area contributed by atoms with E-state index < -0.39 is 10.0 Å². The molecule has 3 N–H and O–H groups in total. The molecule has 0 saturated heterocycles. The minimum atomic E-state index is -3.67. The number of nitrogens with one attached hydrogen (secondary N) is 1. The van der Waals surface area contributed by atoms with Crippen molar-refractivity contribution in [3.63, 3.8) is 0 Å². The van der Waals surface area contributed by atoms with Gasteiger partial charge < -0.3 is 10.3 Å². The number of sulfonamides is 1. The first-order valence-electron chi connectivity index (χ1n) is 7.22. The van der Waals surface area contributed by atoms with E-state index in [-0.39, 0.29) is 23.3 Å². The average Bonchev–Trinajstić information content (AvgIpc) is 2.78. The van der Waals surface area contributed by atoms with Gasteiger partial charge in [0.1, 0.15) is 10.6 Å². The summed E-state index contributed by atoms with van der Waals surface area (Å²) in [6, 6.07) is 5.39. The molecule has 1 aliphatic rings. The van der Waals surface area contributed by atoms with Crippen molar-refractivity contribution in [2.45, 2.75) is 44.0 Å². The van der Waals surface area contributed by atoms with E-state index in [0.717, 1.165) is 30.4 Å². The molecule has 23 heavy (non-hydrogen) atoms. The second-order valence-corrected chi connectivity index (χ2v) is 7.33. The third kappa shape index (κ3) is 3.36. The molecule has 0 saturated carbocycles. The molecular weight excluding hydrogens is 338 g/mol. The van der Waals surface area contributed by atoms with Gasteiger partial charge in [0.2, 0.25) is 10.0 Å². The van der Waals surface area contributed by atoms with Crippen molar-refractivity contribution in [1.82, 2.24) is 9.88 Å². The molecule has 0 amide bonds. The van der Waals surface area contributed by atoms with Gasteiger partial charge in [0.15, 0.2) is 5.76 Å². The van der Waals surface area contributed by atoms with Gasteiger partial charge in [-0.2, -0.15) is 0 Å². The first-order valence-corrected chi connectivity index (χ1v) is 8.70. The van der Waals surface area contributed by atoms with Crippen LogP contribution in [-0.2, 0) is 16.4 Å². The smallest absolute Gasteiger partial charge is 0.246 e. The summed E-state index contributed by atoms with van der Waals surface area (Å²) in [4.78, 5) is 0.134. The van der Waals surface area contributed by atoms with Crippen LogP contribution in [0, 0.1) is 13.8 Å². The fourth-order valence-corrected chi connectivity index (χ4v) is 4.64. The van der Waals surface area contributed by atoms with E-state index in [2.05, 4.69) is 9.88 Å². The maximum Gasteiger partial charge on any atom is 0.246 e. The van der Waals surface area contributed by atoms with Gasteiger partial charge >= 0.3 is 0 Å². The molecular formula is C15H20ClN3O3S. The van der Waals surface area contributed by atoms with E-state index in [0.29, 0.717) is 17.1 Å². The number of fused-ring (bicyclic) bond motifs is 1. The number of anilines is 1. The molecule has 0 bridgehead atoms. The van der Waals surface area contributed by atoms with E-state index in [1.54, 1.807) is 19.9 Å². The Morgan fingerprint density at radius 3 is 2.74 bits per heavy atom. The monoisotopic (exact) mass is 357 g/mol. The number of halogens is 1. The van der Waals surface area contributed by atoms with Crippen LogP contribution in [0.15, 0.2) is 27.6 Å². The third-order valence-corrected chi connectivity index (χ3v) is 5.73. The number of aryl methyl sites for hydroxylation is 3. The minimum absolute atomic E-state index is 0. The van der Waals surface area contributed by atoms with Crippen LogP contribution in [0.4, 0.5) is 5.69 Å². The number of hydrogen-bond donors (Lipinski definition) is 2. The van der Waals surface area contributed by atoms with Gasteiger partial charge in [0.25, 0.3) is 0 Å². The molecule has 1 heterocycles. The molecule has 1 atom stereocenters. The molecule has 1 aromatic carbocycles. The van der Waals surface area contributed by atoms with E-state index in [9.17, 15) is 8.42 Å². The van der Waals surface area contributed by atoms with E-state index >= 15 is 0 Å². The number of nitrogens with zero attached hydrogens (tertiary/aromatic N) is 1. The zero-order valence-corrected chi connectivity index (χ0v) is 14.6. The highest BCUT2D eigenvalue weighted by Gasteiger charge is 2.29. The molecule has 6 nitrogen and oxygen atoms in total. The lowest BCUT2D eigenvalue weighted by Crippen LogP contribution is -2.31. The second-order valence-electron chi connectivity index (χ2n) is 5.68. The largest absolute Gasteiger partial charge is 0.399 e. The highest BCUT2D eigenvalue weighted by Crippen LogP contribution is 2.32. The summed E-state index contributed by atoms with van der Waals surface area (Å²) in [5, 5.41) is 3.72. The molecule has 8 heteroatoms. The molecule has 1 aromatic heterocycles. The first-order chi connectivity index (χ1) is 10.4. The standard InChI is InChI=1S/C15H19N3O3S.ClH/c1-9-15(10(2)21-17-9)22(19,20)18-14-5-3-4-11-8-12(16)6-7-13(11)14;/h6-8,14,18H,3-5,16H2,1-2H3;1H. The van der Waals surface area contributed by atoms with Crippen LogP contribution in [0.5, 0.6) is 0 Å². The van der Waals surface area contributed by atoms with Gasteiger partial charge in [-0.1, -0.05) is 11.2 Å². The molecule has 1 unspecified atom stereocenters. The normalized spacial score (nSPS) is 17.4. The Bertz CT molecular complexity index is 798. The predicted molar refractivity (Wildman–Crippen MR) is 90.1 cm³/mol. The maximum atomic E-state index is 12.6. The number of nitrogen functional groups attached to an aromatic ring is 1. The van der Waals surface area contributed by atoms with E-state index in [4.69, 9.17) is 10.3 Å². The lowest BCUT2D eigenvalue weighted by molar-refractivity contribution is 0.390. The van der Waals surface area contributed by atoms with Crippen molar-refractivity contribution < 1.29 is 12.9 Å². The van der Waals surface area contributed by atoms with Gasteiger partial charge in [0.05, 0.1) is 0 Å². The van der Waals surface area contributed by atoms with Crippen LogP contribution in [-0.4, -0.2) is 13.6 Å². The lowest BCUT2D eigenvalue weighted by atomic mass is 9.88. The summed E-state index contributed by atoms with van der Waals surface area (Å²) < 4.78 is 33.0. The zero-order chi connectivity index (χ0) is 15.9. The quantitative estimate of drug-likeness (QED) is 0.823. The van der Waals surface area contributed by atoms with Crippen LogP contribution < -0.4 is 10.5 Å². The van der Waals surface area contributed by atoms with Crippen molar-refractivity contribution in [2.24, 2.45) is 0 Å². The van der Waals surface area contributed by atoms with Gasteiger partial charge in [-0.3, -0.25) is 0 Å². The first kappa shape index (κ1) is 17.8. The Labute approximate surface area is 141 Å². The van der Waals surface area contributed by atoms with Crippen molar-refractivity contribution >= 4 is 28.1 Å². The third-order valence-electron chi connectivity index (χ3n) is 4.02. The summed E-state index contributed by atoms with van der Waals surface area (Å²) in [6.07, 6.45) is 2.61. The Hall–Kier alpha value is -1.57. The Balaban J connectivity index is 0.00000192. The maximum absolute atomic E-state index is 12.6. The molecule has 3 rings (SSSR count). The van der Waals surface area contributed by atoms with Crippen LogP contribution in [0.2, 0.25) is 0 Å². The SMILES string of the molecule is Cc1noc(C)c1S(=O)(=O)NC1CCCc2cc(N)ccc21.Cl. The Morgan fingerprint density at radius 1 is 1.35 bits per heavy atom. The van der Waals surface area contributed by atoms with E-state index in [1.165, 1.54) is 0 Å². The predicted octanol–water partition coefficient (Wildman–Crippen LogP) is 2.65. The number of rotatable bonds is 3.